The fourth-order valence-corrected chi connectivity index (χ4v) is 2.82. The number of aliphatic hydroxyl groups excluding tert-OH is 1. The standard InChI is InChI=1S/C21H24O4/c22-18(11-5-4-9-16-7-2-1-3-8-16)15-19-17(13-14-21(24)25)10-6-12-20(19)23/h1-3,6-8,10,12-14,18,22-23H,4-5,9,11,15H2,(H,24,25)/b14-13+/t18-/m0/s1. The predicted molar refractivity (Wildman–Crippen MR) is 98.5 cm³/mol. The van der Waals surface area contributed by atoms with Crippen molar-refractivity contribution in [2.24, 2.45) is 0 Å². The number of aliphatic carboxylic acids is 1. The summed E-state index contributed by atoms with van der Waals surface area (Å²) >= 11 is 0. The highest BCUT2D eigenvalue weighted by atomic mass is 16.4. The summed E-state index contributed by atoms with van der Waals surface area (Å²) in [7, 11) is 0. The number of carbonyl (C=O) groups is 1. The zero-order valence-corrected chi connectivity index (χ0v) is 14.1. The average molecular weight is 340 g/mol. The van der Waals surface area contributed by atoms with Crippen LogP contribution in [-0.4, -0.2) is 27.4 Å². The van der Waals surface area contributed by atoms with E-state index < -0.39 is 12.1 Å². The largest absolute Gasteiger partial charge is 0.508 e. The SMILES string of the molecule is O=C(O)/C=C/c1cccc(O)c1C[C@@H](O)CCCCc1ccccc1. The zero-order valence-electron chi connectivity index (χ0n) is 14.1. The van der Waals surface area contributed by atoms with Crippen molar-refractivity contribution in [3.8, 4) is 5.75 Å². The second kappa shape index (κ2) is 9.64. The Labute approximate surface area is 148 Å². The minimum Gasteiger partial charge on any atom is -0.508 e. The van der Waals surface area contributed by atoms with E-state index in [-0.39, 0.29) is 5.75 Å². The molecule has 4 heteroatoms. The van der Waals surface area contributed by atoms with Crippen LogP contribution >= 0.6 is 0 Å². The molecule has 0 bridgehead atoms. The highest BCUT2D eigenvalue weighted by Gasteiger charge is 2.12. The molecule has 0 amide bonds. The highest BCUT2D eigenvalue weighted by Crippen LogP contribution is 2.25. The Morgan fingerprint density at radius 3 is 2.52 bits per heavy atom. The summed E-state index contributed by atoms with van der Waals surface area (Å²) in [4.78, 5) is 10.7. The van der Waals surface area contributed by atoms with Crippen LogP contribution < -0.4 is 0 Å². The smallest absolute Gasteiger partial charge is 0.328 e. The molecule has 0 aliphatic carbocycles. The van der Waals surface area contributed by atoms with Gasteiger partial charge in [-0.2, -0.15) is 0 Å². The van der Waals surface area contributed by atoms with E-state index in [1.54, 1.807) is 18.2 Å². The molecule has 0 fully saturated rings. The molecule has 0 unspecified atom stereocenters. The number of aliphatic hydroxyl groups is 1. The summed E-state index contributed by atoms with van der Waals surface area (Å²) in [6.07, 6.45) is 5.72. The minimum absolute atomic E-state index is 0.0795. The first-order chi connectivity index (χ1) is 12.1. The van der Waals surface area contributed by atoms with E-state index in [2.05, 4.69) is 12.1 Å². The average Bonchev–Trinajstić information content (AvgIpc) is 2.60. The molecule has 0 aliphatic heterocycles. The first-order valence-electron chi connectivity index (χ1n) is 8.50. The number of hydrogen-bond acceptors (Lipinski definition) is 3. The molecule has 2 aromatic rings. The van der Waals surface area contributed by atoms with Gasteiger partial charge in [-0.05, 0) is 42.5 Å². The highest BCUT2D eigenvalue weighted by molar-refractivity contribution is 5.85. The molecule has 0 spiro atoms. The lowest BCUT2D eigenvalue weighted by atomic mass is 9.97. The third-order valence-electron chi connectivity index (χ3n) is 4.13. The molecule has 4 nitrogen and oxygen atoms in total. The van der Waals surface area contributed by atoms with Crippen molar-refractivity contribution in [1.29, 1.82) is 0 Å². The Morgan fingerprint density at radius 2 is 1.80 bits per heavy atom. The van der Waals surface area contributed by atoms with Gasteiger partial charge in [0.05, 0.1) is 6.10 Å². The van der Waals surface area contributed by atoms with Crippen LogP contribution in [-0.2, 0) is 17.6 Å². The van der Waals surface area contributed by atoms with Crippen LogP contribution in [0.1, 0.15) is 36.0 Å². The van der Waals surface area contributed by atoms with Crippen molar-refractivity contribution in [1.82, 2.24) is 0 Å². The van der Waals surface area contributed by atoms with Gasteiger partial charge in [0, 0.05) is 18.1 Å². The van der Waals surface area contributed by atoms with Crippen LogP contribution in [0.2, 0.25) is 0 Å². The number of phenols is 1. The molecule has 0 saturated heterocycles. The summed E-state index contributed by atoms with van der Waals surface area (Å²) < 4.78 is 0. The predicted octanol–water partition coefficient (Wildman–Crippen LogP) is 3.81. The number of hydrogen-bond donors (Lipinski definition) is 3. The molecule has 2 rings (SSSR count). The van der Waals surface area contributed by atoms with Gasteiger partial charge in [-0.1, -0.05) is 48.9 Å². The minimum atomic E-state index is -1.05. The second-order valence-electron chi connectivity index (χ2n) is 6.11. The van der Waals surface area contributed by atoms with E-state index in [1.165, 1.54) is 11.6 Å². The summed E-state index contributed by atoms with van der Waals surface area (Å²) in [5.74, 6) is -0.966. The Balaban J connectivity index is 1.87. The van der Waals surface area contributed by atoms with Crippen molar-refractivity contribution in [3.05, 3.63) is 71.3 Å². The Kier molecular flexibility index (Phi) is 7.23. The fourth-order valence-electron chi connectivity index (χ4n) is 2.82. The molecular weight excluding hydrogens is 316 g/mol. The normalized spacial score (nSPS) is 12.4. The van der Waals surface area contributed by atoms with Crippen molar-refractivity contribution in [2.75, 3.05) is 0 Å². The van der Waals surface area contributed by atoms with E-state index in [9.17, 15) is 15.0 Å². The number of phenolic OH excluding ortho intramolecular Hbond substituents is 1. The third-order valence-corrected chi connectivity index (χ3v) is 4.13. The van der Waals surface area contributed by atoms with Gasteiger partial charge >= 0.3 is 5.97 Å². The maximum absolute atomic E-state index is 10.7. The van der Waals surface area contributed by atoms with Crippen molar-refractivity contribution < 1.29 is 20.1 Å². The number of benzene rings is 2. The lowest BCUT2D eigenvalue weighted by molar-refractivity contribution is -0.131. The summed E-state index contributed by atoms with van der Waals surface area (Å²) in [6.45, 7) is 0. The van der Waals surface area contributed by atoms with Gasteiger partial charge in [0.25, 0.3) is 0 Å². The number of aryl methyl sites for hydroxylation is 1. The van der Waals surface area contributed by atoms with E-state index >= 15 is 0 Å². The van der Waals surface area contributed by atoms with E-state index in [4.69, 9.17) is 5.11 Å². The lowest BCUT2D eigenvalue weighted by Crippen LogP contribution is -2.11. The Hall–Kier alpha value is -2.59. The second-order valence-corrected chi connectivity index (χ2v) is 6.11. The van der Waals surface area contributed by atoms with Crippen molar-refractivity contribution >= 4 is 12.0 Å². The van der Waals surface area contributed by atoms with Crippen LogP contribution in [0.25, 0.3) is 6.08 Å². The van der Waals surface area contributed by atoms with Gasteiger partial charge in [-0.25, -0.2) is 4.79 Å². The molecule has 3 N–H and O–H groups in total. The van der Waals surface area contributed by atoms with E-state index in [0.29, 0.717) is 24.0 Å². The van der Waals surface area contributed by atoms with E-state index in [1.807, 2.05) is 18.2 Å². The Bertz CT molecular complexity index is 707. The van der Waals surface area contributed by atoms with Crippen LogP contribution in [0.4, 0.5) is 0 Å². The fraction of sp³-hybridized carbons (Fsp3) is 0.286. The quantitative estimate of drug-likeness (QED) is 0.479. The molecule has 1 atom stereocenters. The number of carboxylic acids is 1. The van der Waals surface area contributed by atoms with Crippen LogP contribution in [0.15, 0.2) is 54.6 Å². The first-order valence-corrected chi connectivity index (χ1v) is 8.50. The lowest BCUT2D eigenvalue weighted by Gasteiger charge is -2.14. The molecule has 0 aliphatic rings. The van der Waals surface area contributed by atoms with Gasteiger partial charge in [-0.3, -0.25) is 0 Å². The van der Waals surface area contributed by atoms with Gasteiger partial charge in [-0.15, -0.1) is 0 Å². The van der Waals surface area contributed by atoms with Crippen molar-refractivity contribution in [2.45, 2.75) is 38.2 Å². The molecule has 132 valence electrons. The third kappa shape index (κ3) is 6.43. The van der Waals surface area contributed by atoms with Gasteiger partial charge in [0.15, 0.2) is 0 Å². The topological polar surface area (TPSA) is 77.8 Å². The van der Waals surface area contributed by atoms with Crippen LogP contribution in [0, 0.1) is 0 Å². The molecular formula is C21H24O4. The van der Waals surface area contributed by atoms with Gasteiger partial charge in [0.2, 0.25) is 0 Å². The molecule has 0 aromatic heterocycles. The summed E-state index contributed by atoms with van der Waals surface area (Å²) in [6, 6.07) is 15.2. The summed E-state index contributed by atoms with van der Waals surface area (Å²) in [5.41, 5.74) is 2.49. The number of aromatic hydroxyl groups is 1. The van der Waals surface area contributed by atoms with Gasteiger partial charge in [0.1, 0.15) is 5.75 Å². The molecule has 0 heterocycles. The number of unbranched alkanes of at least 4 members (excludes halogenated alkanes) is 1. The monoisotopic (exact) mass is 340 g/mol. The van der Waals surface area contributed by atoms with Crippen molar-refractivity contribution in [3.63, 3.8) is 0 Å². The molecule has 2 aromatic carbocycles. The van der Waals surface area contributed by atoms with Crippen LogP contribution in [0.5, 0.6) is 5.75 Å². The molecule has 25 heavy (non-hydrogen) atoms. The Morgan fingerprint density at radius 1 is 1.04 bits per heavy atom. The zero-order chi connectivity index (χ0) is 18.1. The molecule has 0 radical (unpaired) electrons. The maximum atomic E-state index is 10.7. The number of carboxylic acid groups (broad SMARTS) is 1. The van der Waals surface area contributed by atoms with E-state index in [0.717, 1.165) is 25.3 Å². The number of rotatable bonds is 9. The van der Waals surface area contributed by atoms with Gasteiger partial charge < -0.3 is 15.3 Å². The molecule has 0 saturated carbocycles. The van der Waals surface area contributed by atoms with Crippen LogP contribution in [0.3, 0.4) is 0 Å². The maximum Gasteiger partial charge on any atom is 0.328 e. The first kappa shape index (κ1) is 18.7. The summed E-state index contributed by atoms with van der Waals surface area (Å²) in [5, 5.41) is 29.1.